The third-order valence-corrected chi connectivity index (χ3v) is 3.38. The highest BCUT2D eigenvalue weighted by molar-refractivity contribution is 5.83. The quantitative estimate of drug-likeness (QED) is 0.800. The highest BCUT2D eigenvalue weighted by atomic mass is 16.5. The number of nitrogens with one attached hydrogen (secondary N) is 2. The van der Waals surface area contributed by atoms with E-state index in [0.29, 0.717) is 11.8 Å². The first-order valence-electron chi connectivity index (χ1n) is 6.61. The first-order chi connectivity index (χ1) is 10.3. The molecule has 0 bridgehead atoms. The van der Waals surface area contributed by atoms with Crippen molar-refractivity contribution in [2.75, 3.05) is 12.5 Å². The molecule has 2 aromatic rings. The Balaban J connectivity index is 1.54. The van der Waals surface area contributed by atoms with Crippen LogP contribution in [0.5, 0.6) is 5.88 Å². The Morgan fingerprint density at radius 2 is 2.29 bits per heavy atom. The zero-order valence-electron chi connectivity index (χ0n) is 11.5. The van der Waals surface area contributed by atoms with Gasteiger partial charge >= 0.3 is 0 Å². The van der Waals surface area contributed by atoms with Gasteiger partial charge in [-0.15, -0.1) is 0 Å². The largest absolute Gasteiger partial charge is 0.481 e. The zero-order chi connectivity index (χ0) is 14.7. The number of amides is 1. The molecule has 1 saturated carbocycles. The Morgan fingerprint density at radius 3 is 3.05 bits per heavy atom. The zero-order valence-corrected chi connectivity index (χ0v) is 11.5. The summed E-state index contributed by atoms with van der Waals surface area (Å²) in [7, 11) is 1.52. The van der Waals surface area contributed by atoms with Gasteiger partial charge < -0.3 is 4.74 Å². The van der Waals surface area contributed by atoms with Gasteiger partial charge in [0.2, 0.25) is 17.7 Å². The highest BCUT2D eigenvalue weighted by Gasteiger charge is 2.44. The molecule has 21 heavy (non-hydrogen) atoms. The third kappa shape index (κ3) is 3.07. The van der Waals surface area contributed by atoms with Gasteiger partial charge in [-0.1, -0.05) is 6.07 Å². The number of pyridine rings is 1. The molecule has 0 aliphatic heterocycles. The van der Waals surface area contributed by atoms with Gasteiger partial charge in [0.1, 0.15) is 0 Å². The van der Waals surface area contributed by atoms with E-state index in [1.54, 1.807) is 24.7 Å². The van der Waals surface area contributed by atoms with Crippen molar-refractivity contribution < 1.29 is 9.53 Å². The number of carbonyl (C=O) groups is 1. The second-order valence-corrected chi connectivity index (χ2v) is 4.77. The molecule has 1 amide bonds. The van der Waals surface area contributed by atoms with E-state index < -0.39 is 0 Å². The van der Waals surface area contributed by atoms with Crippen LogP contribution in [0, 0.1) is 5.92 Å². The Labute approximate surface area is 121 Å². The molecule has 0 spiro atoms. The molecule has 1 aliphatic rings. The smallest absolute Gasteiger partial charge is 0.245 e. The number of hydrogen-bond acceptors (Lipinski definition) is 6. The molecule has 108 valence electrons. The fraction of sp³-hybridized carbons (Fsp3) is 0.286. The summed E-state index contributed by atoms with van der Waals surface area (Å²) in [6, 6.07) is 5.50. The van der Waals surface area contributed by atoms with Crippen LogP contribution in [-0.4, -0.2) is 28.0 Å². The Bertz CT molecular complexity index is 634. The first-order valence-corrected chi connectivity index (χ1v) is 6.61. The van der Waals surface area contributed by atoms with Gasteiger partial charge in [-0.2, -0.15) is 4.98 Å². The molecule has 7 heteroatoms. The summed E-state index contributed by atoms with van der Waals surface area (Å²) in [5.74, 6) is 0.858. The van der Waals surface area contributed by atoms with Crippen LogP contribution in [0.2, 0.25) is 0 Å². The molecule has 0 unspecified atom stereocenters. The number of anilines is 1. The van der Waals surface area contributed by atoms with Gasteiger partial charge in [0.25, 0.3) is 0 Å². The van der Waals surface area contributed by atoms with Crippen molar-refractivity contribution in [2.24, 2.45) is 5.92 Å². The van der Waals surface area contributed by atoms with E-state index in [4.69, 9.17) is 4.74 Å². The standard InChI is InChI=1S/C14H15N5O2/c1-21-12-4-6-16-14(17-12)19-18-13(20)11-7-10(11)9-3-2-5-15-8-9/h2-6,8,10-11H,7H2,1H3,(H,18,20)(H,16,17,19)/t10-,11+/m0/s1. The predicted molar refractivity (Wildman–Crippen MR) is 75.4 cm³/mol. The van der Waals surface area contributed by atoms with E-state index >= 15 is 0 Å². The Kier molecular flexibility index (Phi) is 3.63. The van der Waals surface area contributed by atoms with Crippen LogP contribution in [0.25, 0.3) is 0 Å². The third-order valence-electron chi connectivity index (χ3n) is 3.38. The number of ether oxygens (including phenoxy) is 1. The van der Waals surface area contributed by atoms with Crippen LogP contribution < -0.4 is 15.6 Å². The summed E-state index contributed by atoms with van der Waals surface area (Å²) in [5, 5.41) is 0. The van der Waals surface area contributed by atoms with Gasteiger partial charge in [-0.25, -0.2) is 4.98 Å². The highest BCUT2D eigenvalue weighted by Crippen LogP contribution is 2.47. The number of methoxy groups -OCH3 is 1. The number of hydrazine groups is 1. The molecular formula is C14H15N5O2. The van der Waals surface area contributed by atoms with Gasteiger partial charge in [-0.05, 0) is 24.0 Å². The topological polar surface area (TPSA) is 89.0 Å². The van der Waals surface area contributed by atoms with Crippen LogP contribution in [-0.2, 0) is 4.79 Å². The van der Waals surface area contributed by atoms with Crippen LogP contribution in [0.3, 0.4) is 0 Å². The minimum absolute atomic E-state index is 0.0349. The molecule has 7 nitrogen and oxygen atoms in total. The Morgan fingerprint density at radius 1 is 1.38 bits per heavy atom. The average Bonchev–Trinajstić information content (AvgIpc) is 3.34. The summed E-state index contributed by atoms with van der Waals surface area (Å²) in [6.45, 7) is 0. The van der Waals surface area contributed by atoms with Crippen molar-refractivity contribution in [1.82, 2.24) is 20.4 Å². The van der Waals surface area contributed by atoms with E-state index in [1.165, 1.54) is 7.11 Å². The fourth-order valence-corrected chi connectivity index (χ4v) is 2.17. The van der Waals surface area contributed by atoms with E-state index in [2.05, 4.69) is 25.8 Å². The molecule has 2 atom stereocenters. The minimum Gasteiger partial charge on any atom is -0.481 e. The van der Waals surface area contributed by atoms with Crippen molar-refractivity contribution >= 4 is 11.9 Å². The molecule has 0 saturated heterocycles. The molecule has 3 rings (SSSR count). The maximum Gasteiger partial charge on any atom is 0.245 e. The number of aromatic nitrogens is 3. The second kappa shape index (κ2) is 5.74. The van der Waals surface area contributed by atoms with Gasteiger partial charge in [0.05, 0.1) is 7.11 Å². The maximum atomic E-state index is 12.0. The maximum absolute atomic E-state index is 12.0. The van der Waals surface area contributed by atoms with Crippen LogP contribution >= 0.6 is 0 Å². The molecule has 2 aromatic heterocycles. The number of carbonyl (C=O) groups excluding carboxylic acids is 1. The van der Waals surface area contributed by atoms with Crippen LogP contribution in [0.1, 0.15) is 17.9 Å². The normalized spacial score (nSPS) is 19.7. The van der Waals surface area contributed by atoms with E-state index in [9.17, 15) is 4.79 Å². The summed E-state index contributed by atoms with van der Waals surface area (Å²) < 4.78 is 4.99. The molecule has 2 heterocycles. The lowest BCUT2D eigenvalue weighted by molar-refractivity contribution is -0.121. The van der Waals surface area contributed by atoms with E-state index in [0.717, 1.165) is 12.0 Å². The molecule has 1 fully saturated rings. The summed E-state index contributed by atoms with van der Waals surface area (Å²) in [6.07, 6.45) is 5.91. The number of nitrogens with zero attached hydrogens (tertiary/aromatic N) is 3. The SMILES string of the molecule is COc1ccnc(NNC(=O)[C@@H]2C[C@H]2c2cccnc2)n1. The summed E-state index contributed by atoms with van der Waals surface area (Å²) in [5.41, 5.74) is 6.41. The molecule has 0 radical (unpaired) electrons. The van der Waals surface area contributed by atoms with E-state index in [1.807, 2.05) is 12.1 Å². The number of hydrogen-bond donors (Lipinski definition) is 2. The minimum atomic E-state index is -0.0738. The summed E-state index contributed by atoms with van der Waals surface area (Å²) in [4.78, 5) is 24.1. The molecule has 1 aliphatic carbocycles. The summed E-state index contributed by atoms with van der Waals surface area (Å²) >= 11 is 0. The lowest BCUT2D eigenvalue weighted by atomic mass is 10.1. The average molecular weight is 285 g/mol. The second-order valence-electron chi connectivity index (χ2n) is 4.77. The lowest BCUT2D eigenvalue weighted by Crippen LogP contribution is -2.31. The first kappa shape index (κ1) is 13.3. The molecular weight excluding hydrogens is 270 g/mol. The lowest BCUT2D eigenvalue weighted by Gasteiger charge is -2.07. The van der Waals surface area contributed by atoms with Gasteiger partial charge in [0, 0.05) is 30.6 Å². The van der Waals surface area contributed by atoms with Crippen molar-refractivity contribution in [3.63, 3.8) is 0 Å². The van der Waals surface area contributed by atoms with Crippen LogP contribution in [0.15, 0.2) is 36.8 Å². The van der Waals surface area contributed by atoms with Crippen LogP contribution in [0.4, 0.5) is 5.95 Å². The van der Waals surface area contributed by atoms with E-state index in [-0.39, 0.29) is 17.7 Å². The fourth-order valence-electron chi connectivity index (χ4n) is 2.17. The monoisotopic (exact) mass is 285 g/mol. The van der Waals surface area contributed by atoms with Gasteiger partial charge in [-0.3, -0.25) is 20.6 Å². The predicted octanol–water partition coefficient (Wildman–Crippen LogP) is 1.13. The molecule has 2 N–H and O–H groups in total. The van der Waals surface area contributed by atoms with Crippen molar-refractivity contribution in [1.29, 1.82) is 0 Å². The van der Waals surface area contributed by atoms with Crippen molar-refractivity contribution in [3.8, 4) is 5.88 Å². The number of rotatable bonds is 5. The van der Waals surface area contributed by atoms with Gasteiger partial charge in [0.15, 0.2) is 0 Å². The Hall–Kier alpha value is -2.70. The van der Waals surface area contributed by atoms with Crippen molar-refractivity contribution in [3.05, 3.63) is 42.4 Å². The van der Waals surface area contributed by atoms with Crippen molar-refractivity contribution in [2.45, 2.75) is 12.3 Å². The molecule has 0 aromatic carbocycles.